The summed E-state index contributed by atoms with van der Waals surface area (Å²) < 4.78 is 0. The van der Waals surface area contributed by atoms with Crippen molar-refractivity contribution in [3.63, 3.8) is 0 Å². The Morgan fingerprint density at radius 3 is 2.76 bits per heavy atom. The van der Waals surface area contributed by atoms with E-state index in [2.05, 4.69) is 24.0 Å². The molecule has 1 aromatic carbocycles. The molecule has 2 heteroatoms. The molecule has 2 nitrogen and oxygen atoms in total. The van der Waals surface area contributed by atoms with Gasteiger partial charge in [-0.05, 0) is 36.2 Å². The molecule has 0 unspecified atom stereocenters. The minimum atomic E-state index is 0.789. The third-order valence-electron chi connectivity index (χ3n) is 3.45. The van der Waals surface area contributed by atoms with Gasteiger partial charge in [0.1, 0.15) is 0 Å². The Labute approximate surface area is 104 Å². The molecule has 1 aliphatic rings. The van der Waals surface area contributed by atoms with Gasteiger partial charge in [0.05, 0.1) is 11.6 Å². The first kappa shape index (κ1) is 12.1. The molecular formula is C15H20N2. The fraction of sp³-hybridized carbons (Fsp3) is 0.533. The highest BCUT2D eigenvalue weighted by Gasteiger charge is 2.18. The molecule has 90 valence electrons. The quantitative estimate of drug-likeness (QED) is 0.722. The molecule has 0 saturated carbocycles. The van der Waals surface area contributed by atoms with Crippen LogP contribution in [-0.4, -0.2) is 11.4 Å². The van der Waals surface area contributed by atoms with Crippen LogP contribution in [-0.2, 0) is 13.1 Å². The van der Waals surface area contributed by atoms with Crippen LogP contribution in [0.3, 0.4) is 0 Å². The van der Waals surface area contributed by atoms with Crippen molar-refractivity contribution in [2.45, 2.75) is 45.7 Å². The summed E-state index contributed by atoms with van der Waals surface area (Å²) in [6.07, 6.45) is 5.28. The Bertz CT molecular complexity index is 417. The molecule has 0 fully saturated rings. The molecule has 0 N–H and O–H groups in total. The van der Waals surface area contributed by atoms with Crippen LogP contribution in [0, 0.1) is 11.3 Å². The van der Waals surface area contributed by atoms with Crippen molar-refractivity contribution in [1.29, 1.82) is 5.26 Å². The van der Waals surface area contributed by atoms with Crippen LogP contribution in [0.5, 0.6) is 0 Å². The van der Waals surface area contributed by atoms with Gasteiger partial charge in [0.15, 0.2) is 0 Å². The van der Waals surface area contributed by atoms with Gasteiger partial charge in [-0.25, -0.2) is 0 Å². The van der Waals surface area contributed by atoms with E-state index in [1.165, 1.54) is 43.4 Å². The lowest BCUT2D eigenvalue weighted by atomic mass is 10.1. The van der Waals surface area contributed by atoms with Crippen LogP contribution in [0.4, 0.5) is 0 Å². The van der Waals surface area contributed by atoms with Gasteiger partial charge in [0.25, 0.3) is 0 Å². The van der Waals surface area contributed by atoms with E-state index in [4.69, 9.17) is 5.26 Å². The summed E-state index contributed by atoms with van der Waals surface area (Å²) in [7, 11) is 0. The van der Waals surface area contributed by atoms with Crippen LogP contribution >= 0.6 is 0 Å². The third-order valence-corrected chi connectivity index (χ3v) is 3.45. The Kier molecular flexibility index (Phi) is 4.17. The summed E-state index contributed by atoms with van der Waals surface area (Å²) >= 11 is 0. The lowest BCUT2D eigenvalue weighted by Crippen LogP contribution is -2.17. The monoisotopic (exact) mass is 228 g/mol. The minimum absolute atomic E-state index is 0.789. The number of nitriles is 1. The van der Waals surface area contributed by atoms with Crippen molar-refractivity contribution >= 4 is 0 Å². The van der Waals surface area contributed by atoms with Crippen molar-refractivity contribution in [3.8, 4) is 6.07 Å². The zero-order valence-electron chi connectivity index (χ0n) is 10.6. The van der Waals surface area contributed by atoms with Gasteiger partial charge in [0.2, 0.25) is 0 Å². The minimum Gasteiger partial charge on any atom is -0.295 e. The lowest BCUT2D eigenvalue weighted by molar-refractivity contribution is 0.276. The zero-order valence-corrected chi connectivity index (χ0v) is 10.6. The second-order valence-electron chi connectivity index (χ2n) is 4.87. The topological polar surface area (TPSA) is 27.0 Å². The summed E-state index contributed by atoms with van der Waals surface area (Å²) in [5.41, 5.74) is 3.54. The smallest absolute Gasteiger partial charge is 0.0991 e. The predicted molar refractivity (Wildman–Crippen MR) is 69.4 cm³/mol. The van der Waals surface area contributed by atoms with Crippen molar-refractivity contribution in [3.05, 3.63) is 34.9 Å². The molecule has 1 heterocycles. The normalized spacial score (nSPS) is 14.6. The average Bonchev–Trinajstić information content (AvgIpc) is 2.76. The van der Waals surface area contributed by atoms with Crippen molar-refractivity contribution in [1.82, 2.24) is 4.90 Å². The second-order valence-corrected chi connectivity index (χ2v) is 4.87. The van der Waals surface area contributed by atoms with Gasteiger partial charge in [-0.15, -0.1) is 0 Å². The maximum absolute atomic E-state index is 8.87. The largest absolute Gasteiger partial charge is 0.295 e. The fourth-order valence-corrected chi connectivity index (χ4v) is 2.45. The van der Waals surface area contributed by atoms with E-state index in [0.717, 1.165) is 18.7 Å². The molecule has 2 rings (SSSR count). The van der Waals surface area contributed by atoms with Crippen LogP contribution in [0.1, 0.15) is 49.3 Å². The van der Waals surface area contributed by atoms with Crippen molar-refractivity contribution in [2.75, 3.05) is 6.54 Å². The third kappa shape index (κ3) is 3.08. The van der Waals surface area contributed by atoms with Crippen LogP contribution < -0.4 is 0 Å². The van der Waals surface area contributed by atoms with Crippen molar-refractivity contribution < 1.29 is 0 Å². The highest BCUT2D eigenvalue weighted by atomic mass is 15.1. The lowest BCUT2D eigenvalue weighted by Gasteiger charge is -2.13. The molecule has 0 amide bonds. The number of unbranched alkanes of at least 4 members (excludes halogenated alkanes) is 3. The van der Waals surface area contributed by atoms with E-state index in [-0.39, 0.29) is 0 Å². The van der Waals surface area contributed by atoms with Crippen LogP contribution in [0.2, 0.25) is 0 Å². The number of hydrogen-bond donors (Lipinski definition) is 0. The zero-order chi connectivity index (χ0) is 12.1. The maximum Gasteiger partial charge on any atom is 0.0991 e. The number of hydrogen-bond acceptors (Lipinski definition) is 2. The first-order valence-corrected chi connectivity index (χ1v) is 6.57. The van der Waals surface area contributed by atoms with E-state index < -0.39 is 0 Å². The average molecular weight is 228 g/mol. The van der Waals surface area contributed by atoms with Gasteiger partial charge in [-0.3, -0.25) is 4.90 Å². The van der Waals surface area contributed by atoms with Crippen LogP contribution in [0.25, 0.3) is 0 Å². The first-order valence-electron chi connectivity index (χ1n) is 6.57. The predicted octanol–water partition coefficient (Wildman–Crippen LogP) is 3.45. The standard InChI is InChI=1S/C15H20N2/c1-2-3-4-5-8-17-11-14-7-6-13(10-16)9-15(14)12-17/h6-7,9H,2-5,8,11-12H2,1H3. The molecular weight excluding hydrogens is 208 g/mol. The molecule has 0 aliphatic carbocycles. The molecule has 0 radical (unpaired) electrons. The molecule has 0 saturated heterocycles. The molecule has 17 heavy (non-hydrogen) atoms. The Hall–Kier alpha value is -1.33. The van der Waals surface area contributed by atoms with E-state index in [1.54, 1.807) is 0 Å². The van der Waals surface area contributed by atoms with Gasteiger partial charge in [-0.1, -0.05) is 32.3 Å². The maximum atomic E-state index is 8.87. The summed E-state index contributed by atoms with van der Waals surface area (Å²) in [5.74, 6) is 0. The number of fused-ring (bicyclic) bond motifs is 1. The summed E-state index contributed by atoms with van der Waals surface area (Å²) in [6, 6.07) is 8.30. The fourth-order valence-electron chi connectivity index (χ4n) is 2.45. The van der Waals surface area contributed by atoms with Gasteiger partial charge >= 0.3 is 0 Å². The van der Waals surface area contributed by atoms with E-state index in [1.807, 2.05) is 12.1 Å². The Balaban J connectivity index is 1.86. The summed E-state index contributed by atoms with van der Waals surface area (Å²) in [6.45, 7) is 5.52. The molecule has 0 atom stereocenters. The van der Waals surface area contributed by atoms with Crippen molar-refractivity contribution in [2.24, 2.45) is 0 Å². The van der Waals surface area contributed by atoms with Gasteiger partial charge in [0, 0.05) is 13.1 Å². The Morgan fingerprint density at radius 1 is 1.18 bits per heavy atom. The van der Waals surface area contributed by atoms with Gasteiger partial charge in [-0.2, -0.15) is 5.26 Å². The number of rotatable bonds is 5. The first-order chi connectivity index (χ1) is 8.33. The van der Waals surface area contributed by atoms with E-state index in [9.17, 15) is 0 Å². The highest BCUT2D eigenvalue weighted by molar-refractivity contribution is 5.39. The summed E-state index contributed by atoms with van der Waals surface area (Å²) in [5, 5.41) is 8.87. The molecule has 1 aliphatic heterocycles. The number of benzene rings is 1. The van der Waals surface area contributed by atoms with Crippen LogP contribution in [0.15, 0.2) is 18.2 Å². The number of nitrogens with zero attached hydrogens (tertiary/aromatic N) is 2. The SMILES string of the molecule is CCCCCCN1Cc2ccc(C#N)cc2C1. The van der Waals surface area contributed by atoms with E-state index >= 15 is 0 Å². The second kappa shape index (κ2) is 5.84. The molecule has 0 bridgehead atoms. The highest BCUT2D eigenvalue weighted by Crippen LogP contribution is 2.23. The van der Waals surface area contributed by atoms with Gasteiger partial charge < -0.3 is 0 Å². The molecule has 0 spiro atoms. The Morgan fingerprint density at radius 2 is 2.00 bits per heavy atom. The van der Waals surface area contributed by atoms with E-state index in [0.29, 0.717) is 0 Å². The molecule has 0 aromatic heterocycles. The molecule has 1 aromatic rings. The summed E-state index contributed by atoms with van der Waals surface area (Å²) in [4.78, 5) is 2.49.